The maximum Gasteiger partial charge on any atom is 0.238 e. The molecule has 0 saturated carbocycles. The van der Waals surface area contributed by atoms with Crippen LogP contribution in [0.4, 0.5) is 5.13 Å². The van der Waals surface area contributed by atoms with Crippen LogP contribution in [0.25, 0.3) is 16.2 Å². The molecular weight excluding hydrogens is 400 g/mol. The quantitative estimate of drug-likeness (QED) is 0.493. The molecule has 0 aliphatic rings. The Morgan fingerprint density at radius 1 is 1.14 bits per heavy atom. The molecule has 0 spiro atoms. The summed E-state index contributed by atoms with van der Waals surface area (Å²) in [5, 5.41) is 13.6. The molecule has 4 aromatic rings. The molecule has 0 fully saturated rings. The minimum Gasteiger partial charge on any atom is -0.481 e. The van der Waals surface area contributed by atoms with Crippen LogP contribution in [0, 0.1) is 0 Å². The van der Waals surface area contributed by atoms with Gasteiger partial charge in [-0.05, 0) is 23.8 Å². The first kappa shape index (κ1) is 18.3. The number of hydrogen-bond acceptors (Lipinski definition) is 8. The van der Waals surface area contributed by atoms with E-state index in [1.54, 1.807) is 42.2 Å². The van der Waals surface area contributed by atoms with Gasteiger partial charge in [-0.1, -0.05) is 23.5 Å². The summed E-state index contributed by atoms with van der Waals surface area (Å²) in [7, 11) is -2.12. The number of nitrogens with two attached hydrogens (primary N) is 1. The molecule has 0 saturated heterocycles. The van der Waals surface area contributed by atoms with Crippen molar-refractivity contribution in [3.8, 4) is 17.1 Å². The Balaban J connectivity index is 1.51. The van der Waals surface area contributed by atoms with E-state index in [9.17, 15) is 8.42 Å². The summed E-state index contributed by atoms with van der Waals surface area (Å²) < 4.78 is 29.5. The van der Waals surface area contributed by atoms with Crippen LogP contribution < -0.4 is 15.2 Å². The highest BCUT2D eigenvalue weighted by atomic mass is 32.2. The second-order valence-corrected chi connectivity index (χ2v) is 8.39. The van der Waals surface area contributed by atoms with Gasteiger partial charge >= 0.3 is 0 Å². The van der Waals surface area contributed by atoms with Crippen molar-refractivity contribution in [2.75, 3.05) is 12.4 Å². The number of sulfonamides is 1. The van der Waals surface area contributed by atoms with Gasteiger partial charge in [-0.15, -0.1) is 5.10 Å². The highest BCUT2D eigenvalue weighted by Gasteiger charge is 2.12. The second kappa shape index (κ2) is 7.19. The van der Waals surface area contributed by atoms with Gasteiger partial charge in [0, 0.05) is 24.4 Å². The first-order valence-electron chi connectivity index (χ1n) is 8.14. The standard InChI is InChI=1S/C17H16N6O3S2/c1-26-15-7-4-12(9-19-15)14-10-21-17-23(14)22-16(27-17)20-8-11-2-5-13(6-3-11)28(18,24)25/h2-7,9-10H,8H2,1H3,(H,20,22)(H2,18,24,25). The fourth-order valence-electron chi connectivity index (χ4n) is 2.59. The monoisotopic (exact) mass is 416 g/mol. The Labute approximate surface area is 164 Å². The van der Waals surface area contributed by atoms with Gasteiger partial charge in [0.2, 0.25) is 26.0 Å². The molecule has 9 nitrogen and oxygen atoms in total. The number of anilines is 1. The topological polar surface area (TPSA) is 124 Å². The first-order chi connectivity index (χ1) is 13.4. The molecule has 0 amide bonds. The van der Waals surface area contributed by atoms with E-state index < -0.39 is 10.0 Å². The third-order valence-corrected chi connectivity index (χ3v) is 5.83. The Hall–Kier alpha value is -3.02. The van der Waals surface area contributed by atoms with E-state index in [0.717, 1.165) is 21.8 Å². The van der Waals surface area contributed by atoms with Gasteiger partial charge in [-0.2, -0.15) is 0 Å². The van der Waals surface area contributed by atoms with Crippen molar-refractivity contribution in [2.45, 2.75) is 11.4 Å². The molecule has 0 unspecified atom stereocenters. The van der Waals surface area contributed by atoms with Crippen molar-refractivity contribution >= 4 is 31.5 Å². The van der Waals surface area contributed by atoms with Gasteiger partial charge in [0.05, 0.1) is 23.9 Å². The molecule has 1 aromatic carbocycles. The van der Waals surface area contributed by atoms with Crippen LogP contribution in [-0.4, -0.2) is 35.1 Å². The maximum absolute atomic E-state index is 11.3. The summed E-state index contributed by atoms with van der Waals surface area (Å²) in [6.07, 6.45) is 3.46. The average molecular weight is 416 g/mol. The normalized spacial score (nSPS) is 11.6. The van der Waals surface area contributed by atoms with Crippen LogP contribution in [0.5, 0.6) is 5.88 Å². The summed E-state index contributed by atoms with van der Waals surface area (Å²) in [5.41, 5.74) is 2.61. The molecule has 3 aromatic heterocycles. The molecule has 0 atom stereocenters. The van der Waals surface area contributed by atoms with Crippen molar-refractivity contribution < 1.29 is 13.2 Å². The number of fused-ring (bicyclic) bond motifs is 1. The van der Waals surface area contributed by atoms with Crippen LogP contribution in [-0.2, 0) is 16.6 Å². The number of imidazole rings is 1. The molecule has 0 aliphatic heterocycles. The van der Waals surface area contributed by atoms with Crippen LogP contribution in [0.1, 0.15) is 5.56 Å². The number of primary sulfonamides is 1. The summed E-state index contributed by atoms with van der Waals surface area (Å²) in [4.78, 5) is 9.44. The van der Waals surface area contributed by atoms with E-state index in [1.807, 2.05) is 6.07 Å². The van der Waals surface area contributed by atoms with Crippen LogP contribution in [0.15, 0.2) is 53.7 Å². The lowest BCUT2D eigenvalue weighted by Gasteiger charge is -2.04. The van der Waals surface area contributed by atoms with Gasteiger partial charge < -0.3 is 10.1 Å². The van der Waals surface area contributed by atoms with Gasteiger partial charge in [0.15, 0.2) is 0 Å². The lowest BCUT2D eigenvalue weighted by atomic mass is 10.2. The van der Waals surface area contributed by atoms with E-state index in [1.165, 1.54) is 23.5 Å². The second-order valence-electron chi connectivity index (χ2n) is 5.88. The Kier molecular flexibility index (Phi) is 4.71. The molecule has 4 rings (SSSR count). The van der Waals surface area contributed by atoms with E-state index >= 15 is 0 Å². The molecule has 144 valence electrons. The molecule has 0 bridgehead atoms. The van der Waals surface area contributed by atoms with E-state index in [0.29, 0.717) is 17.6 Å². The fraction of sp³-hybridized carbons (Fsp3) is 0.118. The third-order valence-electron chi connectivity index (χ3n) is 4.02. The van der Waals surface area contributed by atoms with E-state index in [-0.39, 0.29) is 4.90 Å². The fourth-order valence-corrected chi connectivity index (χ4v) is 3.87. The number of ether oxygens (including phenoxy) is 1. The number of methoxy groups -OCH3 is 1. The summed E-state index contributed by atoms with van der Waals surface area (Å²) >= 11 is 1.42. The molecule has 28 heavy (non-hydrogen) atoms. The molecule has 11 heteroatoms. The Bertz CT molecular complexity index is 1210. The van der Waals surface area contributed by atoms with E-state index in [2.05, 4.69) is 20.4 Å². The van der Waals surface area contributed by atoms with Crippen LogP contribution >= 0.6 is 11.3 Å². The van der Waals surface area contributed by atoms with Gasteiger partial charge in [-0.25, -0.2) is 28.0 Å². The third kappa shape index (κ3) is 3.67. The smallest absolute Gasteiger partial charge is 0.238 e. The molecule has 0 aliphatic carbocycles. The van der Waals surface area contributed by atoms with Crippen molar-refractivity contribution in [1.82, 2.24) is 19.6 Å². The SMILES string of the molecule is COc1ccc(-c2cnc3sc(NCc4ccc(S(N)(=O)=O)cc4)nn23)cn1. The lowest BCUT2D eigenvalue weighted by molar-refractivity contribution is 0.398. The zero-order valence-corrected chi connectivity index (χ0v) is 16.4. The molecule has 0 radical (unpaired) electrons. The predicted molar refractivity (Wildman–Crippen MR) is 106 cm³/mol. The Morgan fingerprint density at radius 3 is 2.57 bits per heavy atom. The van der Waals surface area contributed by atoms with E-state index in [4.69, 9.17) is 9.88 Å². The molecular formula is C17H16N6O3S2. The average Bonchev–Trinajstić information content (AvgIpc) is 3.26. The first-order valence-corrected chi connectivity index (χ1v) is 10.5. The molecule has 3 heterocycles. The number of nitrogens with zero attached hydrogens (tertiary/aromatic N) is 4. The predicted octanol–water partition coefficient (Wildman–Crippen LogP) is 2.12. The number of hydrogen-bond donors (Lipinski definition) is 2. The highest BCUT2D eigenvalue weighted by Crippen LogP contribution is 2.26. The number of pyridine rings is 1. The Morgan fingerprint density at radius 2 is 1.93 bits per heavy atom. The number of benzene rings is 1. The van der Waals surface area contributed by atoms with Crippen molar-refractivity contribution in [1.29, 1.82) is 0 Å². The number of aromatic nitrogens is 4. The largest absolute Gasteiger partial charge is 0.481 e. The zero-order chi connectivity index (χ0) is 19.7. The van der Waals surface area contributed by atoms with Crippen LogP contribution in [0.2, 0.25) is 0 Å². The summed E-state index contributed by atoms with van der Waals surface area (Å²) in [5.74, 6) is 0.540. The summed E-state index contributed by atoms with van der Waals surface area (Å²) in [6.45, 7) is 0.487. The van der Waals surface area contributed by atoms with Gasteiger partial charge in [-0.3, -0.25) is 0 Å². The maximum atomic E-state index is 11.3. The van der Waals surface area contributed by atoms with Crippen LogP contribution in [0.3, 0.4) is 0 Å². The van der Waals surface area contributed by atoms with Crippen molar-refractivity contribution in [2.24, 2.45) is 5.14 Å². The lowest BCUT2D eigenvalue weighted by Crippen LogP contribution is -2.12. The minimum atomic E-state index is -3.69. The highest BCUT2D eigenvalue weighted by molar-refractivity contribution is 7.89. The number of nitrogens with one attached hydrogen (secondary N) is 1. The van der Waals surface area contributed by atoms with Gasteiger partial charge in [0.1, 0.15) is 0 Å². The van der Waals surface area contributed by atoms with Crippen molar-refractivity contribution in [3.05, 3.63) is 54.4 Å². The minimum absolute atomic E-state index is 0.0849. The zero-order valence-electron chi connectivity index (χ0n) is 14.7. The van der Waals surface area contributed by atoms with Crippen molar-refractivity contribution in [3.63, 3.8) is 0 Å². The molecule has 3 N–H and O–H groups in total. The van der Waals surface area contributed by atoms with Gasteiger partial charge in [0.25, 0.3) is 0 Å². The number of rotatable bonds is 6. The summed E-state index contributed by atoms with van der Waals surface area (Å²) in [6, 6.07) is 10.1.